The predicted molar refractivity (Wildman–Crippen MR) is 114 cm³/mol. The molecule has 0 N–H and O–H groups in total. The van der Waals surface area contributed by atoms with E-state index in [-0.39, 0.29) is 4.90 Å². The topological polar surface area (TPSA) is 59.1 Å². The minimum atomic E-state index is -3.65. The number of hydrogen-bond donors (Lipinski definition) is 0. The van der Waals surface area contributed by atoms with Gasteiger partial charge in [0.1, 0.15) is 16.4 Å². The molecule has 0 unspecified atom stereocenters. The summed E-state index contributed by atoms with van der Waals surface area (Å²) in [6, 6.07) is 9.27. The Morgan fingerprint density at radius 3 is 2.07 bits per heavy atom. The number of nitrogens with zero attached hydrogens (tertiary/aromatic N) is 2. The quantitative estimate of drug-likeness (QED) is 0.721. The van der Waals surface area contributed by atoms with Crippen LogP contribution >= 0.6 is 0 Å². The molecule has 7 heteroatoms. The van der Waals surface area contributed by atoms with Crippen LogP contribution in [0, 0.1) is 20.8 Å². The minimum absolute atomic E-state index is 0.151. The highest BCUT2D eigenvalue weighted by Crippen LogP contribution is 2.31. The molecule has 2 aromatic carbocycles. The van der Waals surface area contributed by atoms with Gasteiger partial charge in [-0.3, -0.25) is 4.90 Å². The minimum Gasteiger partial charge on any atom is -0.497 e. The van der Waals surface area contributed by atoms with E-state index < -0.39 is 10.0 Å². The lowest BCUT2D eigenvalue weighted by molar-refractivity contribution is 0.181. The van der Waals surface area contributed by atoms with Crippen molar-refractivity contribution >= 4 is 10.0 Å². The molecule has 1 saturated heterocycles. The van der Waals surface area contributed by atoms with E-state index in [2.05, 4.69) is 37.8 Å². The average Bonchev–Trinajstić information content (AvgIpc) is 2.70. The second kappa shape index (κ2) is 8.73. The summed E-state index contributed by atoms with van der Waals surface area (Å²) in [6.45, 7) is 9.53. The summed E-state index contributed by atoms with van der Waals surface area (Å²) in [5, 5.41) is 0. The molecule has 29 heavy (non-hydrogen) atoms. The third kappa shape index (κ3) is 4.57. The first kappa shape index (κ1) is 21.6. The summed E-state index contributed by atoms with van der Waals surface area (Å²) in [6.07, 6.45) is 0. The summed E-state index contributed by atoms with van der Waals surface area (Å²) >= 11 is 0. The van der Waals surface area contributed by atoms with Crippen molar-refractivity contribution in [3.63, 3.8) is 0 Å². The first-order chi connectivity index (χ1) is 13.8. The van der Waals surface area contributed by atoms with Crippen LogP contribution in [0.5, 0.6) is 11.5 Å². The van der Waals surface area contributed by atoms with Crippen molar-refractivity contribution in [2.24, 2.45) is 0 Å². The van der Waals surface area contributed by atoms with Gasteiger partial charge in [-0.05, 0) is 49.6 Å². The molecule has 0 saturated carbocycles. The molecule has 0 amide bonds. The lowest BCUT2D eigenvalue weighted by Gasteiger charge is -2.34. The van der Waals surface area contributed by atoms with Crippen LogP contribution < -0.4 is 9.47 Å². The molecule has 158 valence electrons. The molecule has 2 aromatic rings. The maximum atomic E-state index is 13.2. The number of aryl methyl sites for hydroxylation is 3. The van der Waals surface area contributed by atoms with Gasteiger partial charge in [-0.25, -0.2) is 8.42 Å². The van der Waals surface area contributed by atoms with Crippen molar-refractivity contribution in [1.29, 1.82) is 0 Å². The van der Waals surface area contributed by atoms with Crippen LogP contribution in [0.15, 0.2) is 35.2 Å². The highest BCUT2D eigenvalue weighted by atomic mass is 32.2. The molecule has 1 fully saturated rings. The number of sulfonamides is 1. The van der Waals surface area contributed by atoms with E-state index in [4.69, 9.17) is 9.47 Å². The van der Waals surface area contributed by atoms with Crippen LogP contribution in [0.3, 0.4) is 0 Å². The maximum Gasteiger partial charge on any atom is 0.246 e. The predicted octanol–water partition coefficient (Wildman–Crippen LogP) is 3.14. The largest absolute Gasteiger partial charge is 0.497 e. The average molecular weight is 419 g/mol. The fourth-order valence-electron chi connectivity index (χ4n) is 3.94. The molecule has 0 radical (unpaired) electrons. The van der Waals surface area contributed by atoms with Crippen LogP contribution in [-0.2, 0) is 16.6 Å². The molecule has 0 spiro atoms. The van der Waals surface area contributed by atoms with Crippen molar-refractivity contribution in [2.75, 3.05) is 40.4 Å². The van der Waals surface area contributed by atoms with E-state index in [1.807, 2.05) is 0 Å². The Bertz CT molecular complexity index is 957. The van der Waals surface area contributed by atoms with Crippen LogP contribution in [0.4, 0.5) is 0 Å². The highest BCUT2D eigenvalue weighted by molar-refractivity contribution is 7.89. The van der Waals surface area contributed by atoms with E-state index in [0.717, 1.165) is 6.54 Å². The normalized spacial score (nSPS) is 16.0. The van der Waals surface area contributed by atoms with Gasteiger partial charge in [-0.1, -0.05) is 17.7 Å². The third-order valence-corrected chi connectivity index (χ3v) is 7.46. The molecule has 0 atom stereocenters. The molecule has 6 nitrogen and oxygen atoms in total. The van der Waals surface area contributed by atoms with Crippen LogP contribution in [0.2, 0.25) is 0 Å². The molecule has 0 aliphatic carbocycles. The van der Waals surface area contributed by atoms with Gasteiger partial charge in [0.25, 0.3) is 0 Å². The van der Waals surface area contributed by atoms with Crippen molar-refractivity contribution in [3.05, 3.63) is 52.6 Å². The zero-order chi connectivity index (χ0) is 21.2. The molecule has 1 aliphatic heterocycles. The fraction of sp³-hybridized carbons (Fsp3) is 0.455. The van der Waals surface area contributed by atoms with E-state index in [9.17, 15) is 8.42 Å². The Kier molecular flexibility index (Phi) is 6.51. The molecule has 0 aromatic heterocycles. The standard InChI is InChI=1S/C22H30N2O4S/c1-16-12-17(2)20(18(3)13-16)15-23-8-10-24(11-9-23)29(25,26)22-14-19(27-4)6-7-21(22)28-5/h6-7,12-14H,8-11,15H2,1-5H3. The summed E-state index contributed by atoms with van der Waals surface area (Å²) in [7, 11) is -0.657. The molecule has 0 bridgehead atoms. The number of ether oxygens (including phenoxy) is 2. The zero-order valence-corrected chi connectivity index (χ0v) is 18.7. The van der Waals surface area contributed by atoms with Gasteiger partial charge >= 0.3 is 0 Å². The molecule has 1 aliphatic rings. The van der Waals surface area contributed by atoms with Crippen LogP contribution in [0.1, 0.15) is 22.3 Å². The van der Waals surface area contributed by atoms with E-state index in [1.165, 1.54) is 46.8 Å². The van der Waals surface area contributed by atoms with E-state index >= 15 is 0 Å². The Labute approximate surface area is 174 Å². The Hall–Kier alpha value is -2.09. The summed E-state index contributed by atoms with van der Waals surface area (Å²) in [5.74, 6) is 0.826. The monoisotopic (exact) mass is 418 g/mol. The molecular weight excluding hydrogens is 388 g/mol. The maximum absolute atomic E-state index is 13.2. The molecule has 1 heterocycles. The summed E-state index contributed by atoms with van der Waals surface area (Å²) in [4.78, 5) is 2.47. The van der Waals surface area contributed by atoms with Crippen molar-refractivity contribution < 1.29 is 17.9 Å². The van der Waals surface area contributed by atoms with E-state index in [0.29, 0.717) is 37.7 Å². The Morgan fingerprint density at radius 1 is 0.897 bits per heavy atom. The smallest absolute Gasteiger partial charge is 0.246 e. The van der Waals surface area contributed by atoms with Gasteiger partial charge in [0.15, 0.2) is 0 Å². The molecular formula is C22H30N2O4S. The zero-order valence-electron chi connectivity index (χ0n) is 17.9. The van der Waals surface area contributed by atoms with Crippen molar-refractivity contribution in [2.45, 2.75) is 32.2 Å². The van der Waals surface area contributed by atoms with Crippen molar-refractivity contribution in [1.82, 2.24) is 9.21 Å². The highest BCUT2D eigenvalue weighted by Gasteiger charge is 2.31. The number of methoxy groups -OCH3 is 2. The second-order valence-corrected chi connectivity index (χ2v) is 9.48. The lowest BCUT2D eigenvalue weighted by Crippen LogP contribution is -2.48. The Balaban J connectivity index is 1.74. The number of rotatable bonds is 6. The van der Waals surface area contributed by atoms with Crippen LogP contribution in [0.25, 0.3) is 0 Å². The number of benzene rings is 2. The fourth-order valence-corrected chi connectivity index (χ4v) is 5.53. The van der Waals surface area contributed by atoms with Gasteiger partial charge in [0.2, 0.25) is 10.0 Å². The summed E-state index contributed by atoms with van der Waals surface area (Å²) < 4.78 is 38.5. The van der Waals surface area contributed by atoms with E-state index in [1.54, 1.807) is 12.1 Å². The van der Waals surface area contributed by atoms with Gasteiger partial charge in [0.05, 0.1) is 14.2 Å². The van der Waals surface area contributed by atoms with Crippen molar-refractivity contribution in [3.8, 4) is 11.5 Å². The number of piperazine rings is 1. The Morgan fingerprint density at radius 2 is 1.52 bits per heavy atom. The summed E-state index contributed by atoms with van der Waals surface area (Å²) in [5.41, 5.74) is 5.19. The first-order valence-corrected chi connectivity index (χ1v) is 11.2. The molecule has 3 rings (SSSR count). The SMILES string of the molecule is COc1ccc(OC)c(S(=O)(=O)N2CCN(Cc3c(C)cc(C)cc3C)CC2)c1. The van der Waals surface area contributed by atoms with Gasteiger partial charge in [0, 0.05) is 38.8 Å². The lowest BCUT2D eigenvalue weighted by atomic mass is 9.99. The van der Waals surface area contributed by atoms with Gasteiger partial charge in [-0.2, -0.15) is 4.31 Å². The van der Waals surface area contributed by atoms with Crippen LogP contribution in [-0.4, -0.2) is 58.0 Å². The number of hydrogen-bond acceptors (Lipinski definition) is 5. The van der Waals surface area contributed by atoms with Gasteiger partial charge in [-0.15, -0.1) is 0 Å². The second-order valence-electron chi connectivity index (χ2n) is 7.57. The van der Waals surface area contributed by atoms with Gasteiger partial charge < -0.3 is 9.47 Å². The first-order valence-electron chi connectivity index (χ1n) is 9.77. The third-order valence-electron chi connectivity index (χ3n) is 5.54.